The monoisotopic (exact) mass is 1840 g/mol. The van der Waals surface area contributed by atoms with Crippen LogP contribution in [0.15, 0.2) is 207 Å². The molecule has 7 fully saturated rings. The molecule has 31 heteroatoms. The number of hydrogen-bond donors (Lipinski definition) is 9. The molecule has 1 unspecified atom stereocenters. The molecule has 706 valence electrons. The summed E-state index contributed by atoms with van der Waals surface area (Å²) in [4.78, 5) is 154. The van der Waals surface area contributed by atoms with Gasteiger partial charge < -0.3 is 84.7 Å². The molecule has 136 heavy (non-hydrogen) atoms. The molecule has 4 aromatic heterocycles. The summed E-state index contributed by atoms with van der Waals surface area (Å²) in [5.41, 5.74) is 12.8. The normalized spacial score (nSPS) is 20.2. The van der Waals surface area contributed by atoms with E-state index in [1.165, 1.54) is 28.4 Å². The van der Waals surface area contributed by atoms with E-state index in [0.717, 1.165) is 183 Å². The van der Waals surface area contributed by atoms with E-state index >= 15 is 0 Å². The number of amides is 8. The summed E-state index contributed by atoms with van der Waals surface area (Å²) in [6, 6.07) is 56.4. The number of H-pyrrole nitrogens is 4. The van der Waals surface area contributed by atoms with Gasteiger partial charge in [-0.25, -0.2) is 48.7 Å². The summed E-state index contributed by atoms with van der Waals surface area (Å²) >= 11 is 0. The zero-order valence-electron chi connectivity index (χ0n) is 78.1. The van der Waals surface area contributed by atoms with Crippen molar-refractivity contribution in [3.63, 3.8) is 0 Å². The predicted molar refractivity (Wildman–Crippen MR) is 512 cm³/mol. The van der Waals surface area contributed by atoms with E-state index in [0.29, 0.717) is 35.3 Å². The molecule has 8 amide bonds. The van der Waals surface area contributed by atoms with Gasteiger partial charge in [-0.15, -0.1) is 0 Å². The molecule has 3 saturated carbocycles. The number of fused-ring (bicyclic) bond motifs is 6. The first-order valence-electron chi connectivity index (χ1n) is 46.7. The summed E-state index contributed by atoms with van der Waals surface area (Å²) in [6.45, 7) is 14.7. The molecule has 12 aromatic rings. The lowest BCUT2D eigenvalue weighted by atomic mass is 9.95. The van der Waals surface area contributed by atoms with Gasteiger partial charge in [-0.3, -0.25) is 19.3 Å². The van der Waals surface area contributed by atoms with Gasteiger partial charge in [0.05, 0.1) is 100 Å². The molecule has 7 aliphatic rings. The van der Waals surface area contributed by atoms with E-state index in [-0.39, 0.29) is 77.3 Å². The van der Waals surface area contributed by atoms with Crippen molar-refractivity contribution in [3.05, 3.63) is 241 Å². The number of aliphatic carboxylic acids is 1. The molecule has 12 atom stereocenters. The van der Waals surface area contributed by atoms with Crippen molar-refractivity contribution < 1.29 is 71.9 Å². The number of likely N-dealkylation sites (tertiary alicyclic amines) is 4. The Kier molecular flexibility index (Phi) is 27.1. The Morgan fingerprint density at radius 1 is 0.419 bits per heavy atom. The van der Waals surface area contributed by atoms with Crippen LogP contribution < -0.4 is 21.3 Å². The lowest BCUT2D eigenvalue weighted by Gasteiger charge is -2.37. The summed E-state index contributed by atoms with van der Waals surface area (Å²) < 4.78 is 24.6. The minimum atomic E-state index is -1.13. The molecular formula is C105H116N16O15. The van der Waals surface area contributed by atoms with Crippen molar-refractivity contribution in [2.75, 3.05) is 41.5 Å². The van der Waals surface area contributed by atoms with Gasteiger partial charge in [-0.05, 0) is 211 Å². The summed E-state index contributed by atoms with van der Waals surface area (Å²) in [5, 5.41) is 23.8. The summed E-state index contributed by atoms with van der Waals surface area (Å²) in [5.74, 6) is 1.99. The second-order valence-corrected chi connectivity index (χ2v) is 38.3. The van der Waals surface area contributed by atoms with Gasteiger partial charge in [-0.1, -0.05) is 185 Å². The number of imidazole rings is 4. The molecular weight excluding hydrogens is 1730 g/mol. The number of benzene rings is 8. The topological polar surface area (TPSA) is 396 Å². The maximum absolute atomic E-state index is 14.0. The van der Waals surface area contributed by atoms with E-state index in [1.54, 1.807) is 35.2 Å². The van der Waals surface area contributed by atoms with Crippen LogP contribution in [0.4, 0.5) is 24.0 Å². The van der Waals surface area contributed by atoms with Crippen molar-refractivity contribution in [2.45, 2.75) is 185 Å². The molecule has 9 N–H and O–H groups in total. The van der Waals surface area contributed by atoms with Crippen molar-refractivity contribution in [1.29, 1.82) is 0 Å². The molecule has 8 aromatic carbocycles. The third-order valence-electron chi connectivity index (χ3n) is 27.7. The zero-order chi connectivity index (χ0) is 95.5. The van der Waals surface area contributed by atoms with Crippen LogP contribution in [0.5, 0.6) is 0 Å². The second-order valence-electron chi connectivity index (χ2n) is 38.3. The SMILES string of the molecule is COC(=O)NC(C(=O)N1CCC[C@H]1c1ncc(-c2ccc3cc(-c4ccc(-c5cnc([C@@H]6[C@H]7CC[C@H](C7)N6C(=O)[C@@H](NC(=O)OC)C(C)C)[nH]5)cc4)ccc3c2)[nH]1)c1ccccc1.COC(=O)N[C@@H](C(=O)O)c1ccccc1.COC(=O)N[C@H](C(=O)N1[C@@H]2CC[C@@H](C2)[C@H]1c1ncc(-c2ccc(-c3ccc4cc(-c5cnc([C@@H]6CC7(CC7)CN6C(=O)OC(C)(C)C)[nH]5)ccc4c3)cc2)[nH]1)C(C)C. The molecule has 1 spiro atoms. The maximum atomic E-state index is 14.0. The Labute approximate surface area is 788 Å². The van der Waals surface area contributed by atoms with Crippen LogP contribution >= 0.6 is 0 Å². The van der Waals surface area contributed by atoms with Crippen LogP contribution in [0.3, 0.4) is 0 Å². The number of piperidine rings is 2. The zero-order valence-corrected chi connectivity index (χ0v) is 78.1. The Balaban J connectivity index is 0.000000164. The van der Waals surface area contributed by atoms with Gasteiger partial charge in [0, 0.05) is 36.3 Å². The first kappa shape index (κ1) is 93.2. The maximum Gasteiger partial charge on any atom is 0.410 e. The molecule has 19 rings (SSSR count). The second kappa shape index (κ2) is 39.5. The Morgan fingerprint density at radius 3 is 1.20 bits per heavy atom. The third kappa shape index (κ3) is 20.0. The Bertz CT molecular complexity index is 6400. The highest BCUT2D eigenvalue weighted by Gasteiger charge is 2.57. The number of carboxylic acids is 1. The minimum Gasteiger partial charge on any atom is -0.479 e. The van der Waals surface area contributed by atoms with Crippen LogP contribution in [-0.4, -0.2) is 190 Å². The van der Waals surface area contributed by atoms with Gasteiger partial charge in [0.25, 0.3) is 5.91 Å². The highest BCUT2D eigenvalue weighted by Crippen LogP contribution is 2.59. The average Bonchev–Trinajstić information content (AvgIpc) is 1.60. The summed E-state index contributed by atoms with van der Waals surface area (Å²) in [7, 11) is 5.08. The number of ether oxygens (including phenoxy) is 5. The molecule has 4 aliphatic heterocycles. The molecule has 8 heterocycles. The van der Waals surface area contributed by atoms with E-state index in [9.17, 15) is 43.2 Å². The largest absolute Gasteiger partial charge is 0.479 e. The first-order valence-corrected chi connectivity index (χ1v) is 46.7. The van der Waals surface area contributed by atoms with E-state index in [2.05, 4.69) is 167 Å². The third-order valence-corrected chi connectivity index (χ3v) is 27.7. The predicted octanol–water partition coefficient (Wildman–Crippen LogP) is 18.8. The van der Waals surface area contributed by atoms with Crippen LogP contribution in [0.1, 0.15) is 190 Å². The number of carbonyl (C=O) groups is 9. The number of nitrogens with zero attached hydrogens (tertiary/aromatic N) is 8. The highest BCUT2D eigenvalue weighted by atomic mass is 16.6. The molecule has 0 radical (unpaired) electrons. The molecule has 31 nitrogen and oxygen atoms in total. The number of aromatic amines is 4. The number of carbonyl (C=O) groups excluding carboxylic acids is 8. The van der Waals surface area contributed by atoms with Crippen molar-refractivity contribution in [2.24, 2.45) is 29.1 Å². The minimum absolute atomic E-state index is 0.0827. The Hall–Kier alpha value is -14.7. The lowest BCUT2D eigenvalue weighted by Crippen LogP contribution is -2.54. The number of rotatable bonds is 22. The molecule has 4 bridgehead atoms. The fourth-order valence-electron chi connectivity index (χ4n) is 20.5. The number of nitrogens with one attached hydrogen (secondary N) is 8. The van der Waals surface area contributed by atoms with Crippen LogP contribution in [0.25, 0.3) is 88.8 Å². The van der Waals surface area contributed by atoms with E-state index in [1.807, 2.05) is 118 Å². The summed E-state index contributed by atoms with van der Waals surface area (Å²) in [6.07, 6.45) is 15.1. The van der Waals surface area contributed by atoms with Gasteiger partial charge in [0.2, 0.25) is 11.8 Å². The fraction of sp³-hybridized carbons (Fsp3) is 0.381. The van der Waals surface area contributed by atoms with Crippen LogP contribution in [-0.2, 0) is 42.9 Å². The highest BCUT2D eigenvalue weighted by molar-refractivity contribution is 5.94. The fourth-order valence-corrected chi connectivity index (χ4v) is 20.5. The molecule has 3 aliphatic carbocycles. The number of hydrogen-bond acceptors (Lipinski definition) is 18. The number of carboxylic acid groups (broad SMARTS) is 1. The van der Waals surface area contributed by atoms with Crippen LogP contribution in [0.2, 0.25) is 0 Å². The quantitative estimate of drug-likeness (QED) is 0.0285. The van der Waals surface area contributed by atoms with Gasteiger partial charge in [0.15, 0.2) is 6.04 Å². The number of methoxy groups -OCH3 is 4. The number of alkyl carbamates (subject to hydrolysis) is 4. The van der Waals surface area contributed by atoms with Crippen molar-refractivity contribution in [3.8, 4) is 67.3 Å². The van der Waals surface area contributed by atoms with Gasteiger partial charge in [0.1, 0.15) is 47.0 Å². The van der Waals surface area contributed by atoms with E-state index < -0.39 is 60.1 Å². The van der Waals surface area contributed by atoms with Gasteiger partial charge >= 0.3 is 36.4 Å². The van der Waals surface area contributed by atoms with Crippen LogP contribution in [0, 0.1) is 29.1 Å². The first-order chi connectivity index (χ1) is 65.5. The van der Waals surface area contributed by atoms with Crippen molar-refractivity contribution >= 4 is 75.7 Å². The smallest absolute Gasteiger partial charge is 0.410 e. The van der Waals surface area contributed by atoms with Crippen molar-refractivity contribution in [1.82, 2.24) is 80.7 Å². The average molecular weight is 1840 g/mol. The lowest BCUT2D eigenvalue weighted by molar-refractivity contribution is -0.140. The van der Waals surface area contributed by atoms with E-state index in [4.69, 9.17) is 44.0 Å². The van der Waals surface area contributed by atoms with Gasteiger partial charge in [-0.2, -0.15) is 0 Å². The standard InChI is InChI=1S/C49H52N8O6.C46H53N7O5.C10H11NO4/c1-28(2)41(54-48(60)62-3)47(59)57-37-21-20-36(25-37)43(57)45-51-26-38(53-45)30-14-12-29(13-15-30)32-16-17-34-24-35(19-18-33(34)23-32)39-27-50-44(52-39)40-11-8-22-56(40)46(58)42(55-49(61)63-4)31-9-6-5-7-10-31;1-26(2)38(51-43(55)57-6)42(54)53-34-16-15-33(21-34)39(53)41-48-23-35(50-41)28-9-7-27(8-10-28)29-11-12-31-20-32(14-13-30(31)19-29)36-24-47-40(49-36)37-22-46(17-18-46)25-52(37)44(56)58-45(3,4)5;1-15-10(14)11-8(9(12)13)7-5-3-2-4-6-7/h5-7,9-10,12-19,23-24,26-28,36-37,40-43H,8,11,20-22,25H2,1-4H3,(H,50,52)(H,51,53)(H,54,60)(H,55,61);7-14,19-20,23-24,26,33-34,37-39H,15-18,21-22,25H2,1-6H3,(H,47,49)(H,48,50)(H,51,55);2-6,8H,1H3,(H,11,14)(H,12,13)/t36-,37+,40-,41-,42?,43-;33-,34+,37-,38-,39-;8-/m001/s1. The number of aromatic nitrogens is 8. The Morgan fingerprint density at radius 2 is 0.787 bits per heavy atom. The molecule has 4 saturated heterocycles.